The average molecular weight is 646 g/mol. The molecule has 1 atom stereocenters. The van der Waals surface area contributed by atoms with Crippen LogP contribution in [0.25, 0.3) is 22.3 Å². The van der Waals surface area contributed by atoms with E-state index in [0.29, 0.717) is 34.4 Å². The lowest BCUT2D eigenvalue weighted by Gasteiger charge is -2.28. The number of aromatic amines is 1. The fourth-order valence-corrected chi connectivity index (χ4v) is 5.46. The molecule has 4 aromatic rings. The third-order valence-corrected chi connectivity index (χ3v) is 7.69. The van der Waals surface area contributed by atoms with Crippen LogP contribution in [0.5, 0.6) is 0 Å². The first kappa shape index (κ1) is 33.1. The molecule has 1 unspecified atom stereocenters. The number of H-pyrrole nitrogens is 1. The third kappa shape index (κ3) is 7.82. The summed E-state index contributed by atoms with van der Waals surface area (Å²) in [5, 5.41) is 4.00. The first-order valence-electron chi connectivity index (χ1n) is 13.8. The Labute approximate surface area is 262 Å². The van der Waals surface area contributed by atoms with Crippen LogP contribution in [0.4, 0.5) is 14.5 Å². The summed E-state index contributed by atoms with van der Waals surface area (Å²) in [4.78, 5) is 50.6. The summed E-state index contributed by atoms with van der Waals surface area (Å²) in [6, 6.07) is 9.72. The smallest absolute Gasteiger partial charge is 0.281 e. The van der Waals surface area contributed by atoms with E-state index in [2.05, 4.69) is 20.0 Å². The molecule has 0 bridgehead atoms. The average Bonchev–Trinajstić information content (AvgIpc) is 2.96. The second-order valence-electron chi connectivity index (χ2n) is 10.7. The number of rotatable bonds is 6. The number of piperidine rings is 1. The van der Waals surface area contributed by atoms with Crippen molar-refractivity contribution in [2.24, 2.45) is 7.05 Å². The largest absolute Gasteiger partial charge is 0.377 e. The van der Waals surface area contributed by atoms with Crippen LogP contribution in [-0.2, 0) is 7.05 Å². The van der Waals surface area contributed by atoms with Crippen molar-refractivity contribution in [2.45, 2.75) is 38.7 Å². The van der Waals surface area contributed by atoms with Crippen LogP contribution in [0.1, 0.15) is 47.4 Å². The molecule has 4 heterocycles. The van der Waals surface area contributed by atoms with Gasteiger partial charge in [0.25, 0.3) is 17.4 Å². The fourth-order valence-electron chi connectivity index (χ4n) is 5.03. The minimum absolute atomic E-state index is 0.0625. The number of amides is 1. The molecule has 0 saturated carbocycles. The number of alkyl halides is 2. The first-order valence-corrected chi connectivity index (χ1v) is 15.4. The lowest BCUT2D eigenvalue weighted by atomic mass is 10.0. The Balaban J connectivity index is 0.000000421. The van der Waals surface area contributed by atoms with Crippen LogP contribution in [0, 0.1) is 6.92 Å². The topological polar surface area (TPSA) is 125 Å². The monoisotopic (exact) mass is 645 g/mol. The maximum absolute atomic E-state index is 13.3. The number of halogens is 3. The van der Waals surface area contributed by atoms with Gasteiger partial charge < -0.3 is 15.2 Å². The highest BCUT2D eigenvalue weighted by Crippen LogP contribution is 2.29. The molecule has 0 spiro atoms. The molecule has 1 aliphatic heterocycles. The molecule has 1 amide bonds. The maximum Gasteiger partial charge on any atom is 0.281 e. The number of carbonyl (C=O) groups is 1. The van der Waals surface area contributed by atoms with Gasteiger partial charge in [-0.1, -0.05) is 29.6 Å². The zero-order chi connectivity index (χ0) is 32.2. The summed E-state index contributed by atoms with van der Waals surface area (Å²) >= 11 is 7.20. The van der Waals surface area contributed by atoms with E-state index in [1.165, 1.54) is 16.8 Å². The number of benzene rings is 1. The van der Waals surface area contributed by atoms with E-state index < -0.39 is 5.92 Å². The number of aryl methyl sites for hydroxylation is 1. The van der Waals surface area contributed by atoms with Crippen molar-refractivity contribution >= 4 is 46.0 Å². The van der Waals surface area contributed by atoms with Crippen LogP contribution in [0.15, 0.2) is 52.2 Å². The predicted octanol–water partition coefficient (Wildman–Crippen LogP) is 5.17. The third-order valence-electron chi connectivity index (χ3n) is 7.09. The zero-order valence-corrected chi connectivity index (χ0v) is 26.6. The molecular formula is C30H34ClF2N7O3S. The second-order valence-corrected chi connectivity index (χ2v) is 11.7. The molecule has 0 aliphatic carbocycles. The predicted molar refractivity (Wildman–Crippen MR) is 172 cm³/mol. The molecule has 1 aliphatic rings. The maximum atomic E-state index is 13.3. The molecule has 1 aromatic carbocycles. The molecule has 1 saturated heterocycles. The SMILES string of the molecule is CN1CCCC(F)(F)C1.CSNC(=O)c1nc(Cl)ccc1NC(C)c1cc(C)cc2c(=O)n(C)c(-c3ccc(=O)[nH]c3)nc12. The standard InChI is InChI=1S/C24H23ClN6O3S.C6H11F2N/c1-12-9-15(13(2)27-17-6-7-18(25)28-21(17)23(33)30-35-4)20-16(10-12)24(34)31(3)22(29-20)14-5-8-19(32)26-11-14;1-9-4-2-3-6(7,8)5-9/h5-11,13,27H,1-4H3,(H,26,32)(H,30,33);2-5H2,1H3. The quantitative estimate of drug-likeness (QED) is 0.194. The normalized spacial score (nSPS) is 15.3. The van der Waals surface area contributed by atoms with Crippen molar-refractivity contribution in [3.8, 4) is 11.4 Å². The van der Waals surface area contributed by atoms with E-state index in [1.54, 1.807) is 49.5 Å². The van der Waals surface area contributed by atoms with Crippen molar-refractivity contribution in [1.29, 1.82) is 0 Å². The Morgan fingerprint density at radius 2 is 1.91 bits per heavy atom. The Hall–Kier alpha value is -3.81. The summed E-state index contributed by atoms with van der Waals surface area (Å²) in [6.45, 7) is 4.58. The van der Waals surface area contributed by atoms with Crippen molar-refractivity contribution in [2.75, 3.05) is 31.7 Å². The van der Waals surface area contributed by atoms with Gasteiger partial charge >= 0.3 is 0 Å². The molecule has 14 heteroatoms. The van der Waals surface area contributed by atoms with Gasteiger partial charge in [-0.25, -0.2) is 18.7 Å². The van der Waals surface area contributed by atoms with E-state index in [1.807, 2.05) is 19.9 Å². The van der Waals surface area contributed by atoms with Gasteiger partial charge in [0.2, 0.25) is 5.56 Å². The second kappa shape index (κ2) is 13.9. The molecule has 3 aromatic heterocycles. The lowest BCUT2D eigenvalue weighted by molar-refractivity contribution is -0.0571. The molecule has 3 N–H and O–H groups in total. The highest BCUT2D eigenvalue weighted by molar-refractivity contribution is 7.97. The van der Waals surface area contributed by atoms with Crippen molar-refractivity contribution in [3.05, 3.63) is 85.3 Å². The highest BCUT2D eigenvalue weighted by atomic mass is 35.5. The number of hydrogen-bond acceptors (Lipinski definition) is 8. The van der Waals surface area contributed by atoms with Crippen LogP contribution < -0.4 is 21.2 Å². The molecule has 10 nitrogen and oxygen atoms in total. The molecule has 1 fully saturated rings. The minimum atomic E-state index is -2.42. The number of nitrogens with one attached hydrogen (secondary N) is 3. The molecule has 0 radical (unpaired) electrons. The number of aromatic nitrogens is 4. The van der Waals surface area contributed by atoms with Crippen LogP contribution >= 0.6 is 23.5 Å². The van der Waals surface area contributed by atoms with E-state index in [4.69, 9.17) is 16.6 Å². The van der Waals surface area contributed by atoms with Crippen LogP contribution in [0.3, 0.4) is 0 Å². The first-order chi connectivity index (χ1) is 20.8. The Bertz CT molecular complexity index is 1780. The number of likely N-dealkylation sites (tertiary alicyclic amines) is 1. The van der Waals surface area contributed by atoms with E-state index in [-0.39, 0.29) is 46.9 Å². The Kier molecular flexibility index (Phi) is 10.4. The summed E-state index contributed by atoms with van der Waals surface area (Å²) in [5.41, 5.74) is 3.00. The number of fused-ring (bicyclic) bond motifs is 1. The van der Waals surface area contributed by atoms with Crippen LogP contribution in [0.2, 0.25) is 5.15 Å². The summed E-state index contributed by atoms with van der Waals surface area (Å²) in [7, 11) is 3.38. The minimum Gasteiger partial charge on any atom is -0.377 e. The van der Waals surface area contributed by atoms with Gasteiger partial charge in [0.05, 0.1) is 29.2 Å². The zero-order valence-electron chi connectivity index (χ0n) is 25.0. The number of pyridine rings is 2. The summed E-state index contributed by atoms with van der Waals surface area (Å²) in [5.74, 6) is -2.38. The molecule has 44 heavy (non-hydrogen) atoms. The van der Waals surface area contributed by atoms with Crippen LogP contribution in [-0.4, -0.2) is 62.6 Å². The van der Waals surface area contributed by atoms with Crippen molar-refractivity contribution in [3.63, 3.8) is 0 Å². The molecule has 5 rings (SSSR count). The number of anilines is 1. The van der Waals surface area contributed by atoms with Gasteiger partial charge in [0.15, 0.2) is 5.69 Å². The number of nitrogens with zero attached hydrogens (tertiary/aromatic N) is 4. The van der Waals surface area contributed by atoms with E-state index in [9.17, 15) is 23.2 Å². The van der Waals surface area contributed by atoms with Gasteiger partial charge in [0.1, 0.15) is 11.0 Å². The highest BCUT2D eigenvalue weighted by Gasteiger charge is 2.33. The van der Waals surface area contributed by atoms with Gasteiger partial charge in [-0.15, -0.1) is 0 Å². The lowest BCUT2D eigenvalue weighted by Crippen LogP contribution is -2.39. The summed E-state index contributed by atoms with van der Waals surface area (Å²) in [6.07, 6.45) is 3.96. The van der Waals surface area contributed by atoms with Gasteiger partial charge in [-0.3, -0.25) is 23.7 Å². The molecule has 234 valence electrons. The van der Waals surface area contributed by atoms with E-state index >= 15 is 0 Å². The van der Waals surface area contributed by atoms with Gasteiger partial charge in [-0.2, -0.15) is 0 Å². The van der Waals surface area contributed by atoms with Gasteiger partial charge in [0, 0.05) is 43.1 Å². The number of carbonyl (C=O) groups excluding carboxylic acids is 1. The Morgan fingerprint density at radius 1 is 1.16 bits per heavy atom. The van der Waals surface area contributed by atoms with Gasteiger partial charge in [-0.05, 0) is 63.7 Å². The fraction of sp³-hybridized carbons (Fsp3) is 0.367. The van der Waals surface area contributed by atoms with Crippen molar-refractivity contribution in [1.82, 2.24) is 29.1 Å². The number of hydrogen-bond donors (Lipinski definition) is 3. The Morgan fingerprint density at radius 3 is 2.52 bits per heavy atom. The summed E-state index contributed by atoms with van der Waals surface area (Å²) < 4.78 is 28.9. The van der Waals surface area contributed by atoms with E-state index in [0.717, 1.165) is 29.6 Å². The molecular weight excluding hydrogens is 612 g/mol. The van der Waals surface area contributed by atoms with Crippen molar-refractivity contribution < 1.29 is 13.6 Å².